The van der Waals surface area contributed by atoms with Gasteiger partial charge in [-0.15, -0.1) is 0 Å². The van der Waals surface area contributed by atoms with Gasteiger partial charge in [0, 0.05) is 49.8 Å². The van der Waals surface area contributed by atoms with Crippen LogP contribution in [0, 0.1) is 6.92 Å². The average Bonchev–Trinajstić information content (AvgIpc) is 3.50. The molecule has 1 fully saturated rings. The van der Waals surface area contributed by atoms with Gasteiger partial charge in [-0.25, -0.2) is 23.4 Å². The average molecular weight is 488 g/mol. The third-order valence-corrected chi connectivity index (χ3v) is 6.52. The molecule has 0 saturated carbocycles. The molecule has 10 nitrogen and oxygen atoms in total. The minimum Gasteiger partial charge on any atom is -0.457 e. The fraction of sp³-hybridized carbons (Fsp3) is 0.280. The summed E-state index contributed by atoms with van der Waals surface area (Å²) in [7, 11) is 0. The van der Waals surface area contributed by atoms with Crippen molar-refractivity contribution in [2.24, 2.45) is 5.73 Å². The molecular weight excluding hydrogens is 461 g/mol. The molecule has 0 unspecified atom stereocenters. The van der Waals surface area contributed by atoms with Crippen molar-refractivity contribution < 1.29 is 9.13 Å². The number of nitrogens with zero attached hydrogens (tertiary/aromatic N) is 7. The smallest absolute Gasteiger partial charge is 0.158 e. The van der Waals surface area contributed by atoms with Gasteiger partial charge in [-0.05, 0) is 54.8 Å². The molecule has 3 N–H and O–H groups in total. The number of nitrogens with one attached hydrogen (secondary N) is 1. The van der Waals surface area contributed by atoms with E-state index < -0.39 is 6.17 Å². The van der Waals surface area contributed by atoms with Crippen LogP contribution in [0.3, 0.4) is 0 Å². The normalized spacial score (nSPS) is 18.6. The lowest BCUT2D eigenvalue weighted by Crippen LogP contribution is -2.48. The predicted octanol–water partition coefficient (Wildman–Crippen LogP) is 3.49. The molecule has 184 valence electrons. The molecule has 0 bridgehead atoms. The summed E-state index contributed by atoms with van der Waals surface area (Å²) in [6, 6.07) is 11.2. The maximum absolute atomic E-state index is 14.2. The van der Waals surface area contributed by atoms with Crippen molar-refractivity contribution in [1.82, 2.24) is 34.1 Å². The van der Waals surface area contributed by atoms with Gasteiger partial charge in [0.25, 0.3) is 0 Å². The van der Waals surface area contributed by atoms with Crippen LogP contribution in [0.15, 0.2) is 61.4 Å². The molecule has 0 radical (unpaired) electrons. The highest BCUT2D eigenvalue weighted by Gasteiger charge is 2.27. The Morgan fingerprint density at radius 3 is 2.78 bits per heavy atom. The molecule has 11 heteroatoms. The molecule has 36 heavy (non-hydrogen) atoms. The number of likely N-dealkylation sites (tertiary alicyclic amines) is 1. The summed E-state index contributed by atoms with van der Waals surface area (Å²) in [5.74, 6) is 2.11. The number of nitrogens with two attached hydrogens (primary N) is 1. The second kappa shape index (κ2) is 9.17. The number of alkyl halides is 1. The van der Waals surface area contributed by atoms with Crippen LogP contribution >= 0.6 is 0 Å². The van der Waals surface area contributed by atoms with Crippen LogP contribution in [-0.4, -0.2) is 59.4 Å². The van der Waals surface area contributed by atoms with Gasteiger partial charge in [-0.3, -0.25) is 4.90 Å². The predicted molar refractivity (Wildman–Crippen MR) is 133 cm³/mol. The molecular formula is C25H26FN9O. The molecule has 0 spiro atoms. The van der Waals surface area contributed by atoms with E-state index in [0.717, 1.165) is 34.6 Å². The van der Waals surface area contributed by atoms with Gasteiger partial charge in [0.05, 0.1) is 0 Å². The standard InChI is InChI=1S/C25H26FN9O/c1-16-10-18(2-3-22(16)36-19-5-9-34-23(11-19)28-14-30-34)32-25-24-17(4-8-35(24)31-15-29-25)12-33-7-6-21(27)20(26)13-33/h2-5,8-11,14-15,20-21H,6-7,12-13,27H2,1H3,(H,29,31,32)/t20-,21-/m1/s1. The van der Waals surface area contributed by atoms with Crippen LogP contribution in [0.5, 0.6) is 11.5 Å². The van der Waals surface area contributed by atoms with Crippen molar-refractivity contribution >= 4 is 22.7 Å². The zero-order valence-electron chi connectivity index (χ0n) is 19.8. The van der Waals surface area contributed by atoms with Crippen LogP contribution in [0.2, 0.25) is 0 Å². The van der Waals surface area contributed by atoms with E-state index in [1.165, 1.54) is 12.7 Å². The summed E-state index contributed by atoms with van der Waals surface area (Å²) < 4.78 is 23.7. The van der Waals surface area contributed by atoms with E-state index in [0.29, 0.717) is 36.7 Å². The maximum Gasteiger partial charge on any atom is 0.158 e. The number of halogens is 1. The Kier molecular flexibility index (Phi) is 5.70. The van der Waals surface area contributed by atoms with Gasteiger partial charge >= 0.3 is 0 Å². The second-order valence-electron chi connectivity index (χ2n) is 9.08. The number of rotatable bonds is 6. The van der Waals surface area contributed by atoms with Crippen LogP contribution in [0.1, 0.15) is 17.5 Å². The quantitative estimate of drug-likeness (QED) is 0.375. The zero-order chi connectivity index (χ0) is 24.6. The Hall–Kier alpha value is -4.09. The van der Waals surface area contributed by atoms with Crippen molar-refractivity contribution in [3.63, 3.8) is 0 Å². The number of pyridine rings is 1. The number of piperidine rings is 1. The lowest BCUT2D eigenvalue weighted by molar-refractivity contribution is 0.114. The first-order chi connectivity index (χ1) is 17.5. The van der Waals surface area contributed by atoms with E-state index in [2.05, 4.69) is 30.4 Å². The fourth-order valence-corrected chi connectivity index (χ4v) is 4.57. The summed E-state index contributed by atoms with van der Waals surface area (Å²) in [6.45, 7) is 3.69. The minimum absolute atomic E-state index is 0.333. The lowest BCUT2D eigenvalue weighted by Gasteiger charge is -2.32. The van der Waals surface area contributed by atoms with E-state index in [1.54, 1.807) is 9.03 Å². The number of anilines is 2. The van der Waals surface area contributed by atoms with Gasteiger partial charge < -0.3 is 15.8 Å². The van der Waals surface area contributed by atoms with Crippen molar-refractivity contribution in [1.29, 1.82) is 0 Å². The highest BCUT2D eigenvalue weighted by atomic mass is 19.1. The Morgan fingerprint density at radius 2 is 1.92 bits per heavy atom. The van der Waals surface area contributed by atoms with Crippen molar-refractivity contribution in [2.45, 2.75) is 32.1 Å². The molecule has 1 aliphatic heterocycles. The molecule has 1 aliphatic rings. The first-order valence-electron chi connectivity index (χ1n) is 11.8. The van der Waals surface area contributed by atoms with E-state index in [9.17, 15) is 4.39 Å². The molecule has 5 heterocycles. The molecule has 5 aromatic rings. The monoisotopic (exact) mass is 487 g/mol. The Balaban J connectivity index is 1.22. The van der Waals surface area contributed by atoms with E-state index >= 15 is 0 Å². The number of aryl methyl sites for hydroxylation is 1. The third kappa shape index (κ3) is 4.34. The number of benzene rings is 1. The zero-order valence-corrected chi connectivity index (χ0v) is 19.8. The summed E-state index contributed by atoms with van der Waals surface area (Å²) >= 11 is 0. The third-order valence-electron chi connectivity index (χ3n) is 6.52. The molecule has 6 rings (SSSR count). The lowest BCUT2D eigenvalue weighted by atomic mass is 10.0. The van der Waals surface area contributed by atoms with E-state index in [1.807, 2.05) is 55.7 Å². The Labute approximate surface area is 206 Å². The number of fused-ring (bicyclic) bond motifs is 2. The van der Waals surface area contributed by atoms with Crippen LogP contribution in [0.25, 0.3) is 11.2 Å². The molecule has 1 aromatic carbocycles. The Bertz CT molecular complexity index is 1530. The van der Waals surface area contributed by atoms with Crippen LogP contribution in [-0.2, 0) is 6.54 Å². The summed E-state index contributed by atoms with van der Waals surface area (Å²) in [6.07, 6.45) is 6.37. The van der Waals surface area contributed by atoms with Crippen molar-refractivity contribution in [3.05, 3.63) is 72.6 Å². The molecule has 0 amide bonds. The molecule has 1 saturated heterocycles. The first-order valence-corrected chi connectivity index (χ1v) is 11.8. The Morgan fingerprint density at radius 1 is 1.08 bits per heavy atom. The van der Waals surface area contributed by atoms with Gasteiger partial charge in [0.2, 0.25) is 0 Å². The first kappa shape index (κ1) is 22.4. The molecule has 0 aliphatic carbocycles. The fourth-order valence-electron chi connectivity index (χ4n) is 4.57. The summed E-state index contributed by atoms with van der Waals surface area (Å²) in [4.78, 5) is 10.8. The second-order valence-corrected chi connectivity index (χ2v) is 9.08. The molecule has 4 aromatic heterocycles. The van der Waals surface area contributed by atoms with Crippen molar-refractivity contribution in [3.8, 4) is 11.5 Å². The van der Waals surface area contributed by atoms with Gasteiger partial charge in [0.15, 0.2) is 11.5 Å². The number of ether oxygens (including phenoxy) is 1. The van der Waals surface area contributed by atoms with Gasteiger partial charge in [0.1, 0.15) is 35.8 Å². The van der Waals surface area contributed by atoms with Gasteiger partial charge in [-0.2, -0.15) is 10.2 Å². The van der Waals surface area contributed by atoms with Crippen molar-refractivity contribution in [2.75, 3.05) is 18.4 Å². The molecule has 2 atom stereocenters. The number of hydrogen-bond acceptors (Lipinski definition) is 8. The maximum atomic E-state index is 14.2. The van der Waals surface area contributed by atoms with Crippen LogP contribution < -0.4 is 15.8 Å². The highest BCUT2D eigenvalue weighted by molar-refractivity contribution is 5.76. The largest absolute Gasteiger partial charge is 0.457 e. The van der Waals surface area contributed by atoms with Gasteiger partial charge in [-0.1, -0.05) is 0 Å². The van der Waals surface area contributed by atoms with E-state index in [4.69, 9.17) is 10.5 Å². The van der Waals surface area contributed by atoms with E-state index in [-0.39, 0.29) is 6.04 Å². The number of hydrogen-bond donors (Lipinski definition) is 2. The van der Waals surface area contributed by atoms with Crippen LogP contribution in [0.4, 0.5) is 15.9 Å². The summed E-state index contributed by atoms with van der Waals surface area (Å²) in [5, 5.41) is 11.9. The summed E-state index contributed by atoms with van der Waals surface area (Å²) in [5.41, 5.74) is 10.3. The minimum atomic E-state index is -1.01. The highest BCUT2D eigenvalue weighted by Crippen LogP contribution is 2.30. The SMILES string of the molecule is Cc1cc(Nc2ncnn3ccc(CN4CC[C@@H](N)[C@H](F)C4)c23)ccc1Oc1ccn2ncnc2c1. The number of aromatic nitrogens is 6. The topological polar surface area (TPSA) is 111 Å².